The fourth-order valence-electron chi connectivity index (χ4n) is 8.31. The third-order valence-corrected chi connectivity index (χ3v) is 11.8. The largest absolute Gasteiger partial charge is 0.335 e. The van der Waals surface area contributed by atoms with Gasteiger partial charge in [0.2, 0.25) is 0 Å². The Bertz CT molecular complexity index is 2980. The van der Waals surface area contributed by atoms with Gasteiger partial charge in [-0.1, -0.05) is 127 Å². The molecule has 0 atom stereocenters. The van der Waals surface area contributed by atoms with E-state index in [1.54, 1.807) is 0 Å². The van der Waals surface area contributed by atoms with Crippen LogP contribution in [0.5, 0.6) is 0 Å². The standard InChI is InChI=1S/C50H38N2S/c1-50(2,3)52-44-19-11-9-17-40(44)41-28-23-36(31-46(41)52)33-21-25-37(26-22-33)51(38-27-29-43-42-18-10-12-20-47(42)53-48(43)32-38)45-30-24-34-13-7-8-16-39(34)49(45)35-14-5-4-6-15-35/h4-32H,1-3H3. The highest BCUT2D eigenvalue weighted by atomic mass is 32.1. The van der Waals surface area contributed by atoms with Crippen LogP contribution in [0.1, 0.15) is 20.8 Å². The molecule has 10 aromatic rings. The van der Waals surface area contributed by atoms with Gasteiger partial charge in [-0.2, -0.15) is 0 Å². The van der Waals surface area contributed by atoms with Crippen LogP contribution in [0.15, 0.2) is 176 Å². The molecule has 0 aliphatic rings. The molecule has 2 nitrogen and oxygen atoms in total. The predicted octanol–water partition coefficient (Wildman–Crippen LogP) is 14.9. The summed E-state index contributed by atoms with van der Waals surface area (Å²) in [6.45, 7) is 6.88. The molecule has 254 valence electrons. The summed E-state index contributed by atoms with van der Waals surface area (Å²) < 4.78 is 5.09. The fraction of sp³-hybridized carbons (Fsp3) is 0.0800. The molecular formula is C50H38N2S. The van der Waals surface area contributed by atoms with Crippen LogP contribution in [0.4, 0.5) is 17.1 Å². The van der Waals surface area contributed by atoms with Gasteiger partial charge in [-0.3, -0.25) is 0 Å². The molecule has 10 rings (SSSR count). The number of hydrogen-bond acceptors (Lipinski definition) is 2. The SMILES string of the molecule is CC(C)(C)n1c2ccccc2c2ccc(-c3ccc(N(c4ccc5c(c4)sc4ccccc45)c4ccc5ccccc5c4-c4ccccc4)cc3)cc21. The highest BCUT2D eigenvalue weighted by Gasteiger charge is 2.22. The van der Waals surface area contributed by atoms with Crippen molar-refractivity contribution in [3.05, 3.63) is 176 Å². The molecule has 0 bridgehead atoms. The van der Waals surface area contributed by atoms with Gasteiger partial charge in [0.15, 0.2) is 0 Å². The Balaban J connectivity index is 1.16. The Labute approximate surface area is 313 Å². The van der Waals surface area contributed by atoms with E-state index < -0.39 is 0 Å². The Morgan fingerprint density at radius 1 is 0.434 bits per heavy atom. The maximum absolute atomic E-state index is 2.49. The van der Waals surface area contributed by atoms with Crippen LogP contribution in [0, 0.1) is 0 Å². The Kier molecular flexibility index (Phi) is 7.28. The average molecular weight is 699 g/mol. The molecule has 53 heavy (non-hydrogen) atoms. The third-order valence-electron chi connectivity index (χ3n) is 10.6. The molecule has 3 heteroatoms. The molecule has 0 radical (unpaired) electrons. The molecule has 0 aliphatic carbocycles. The van der Waals surface area contributed by atoms with Crippen LogP contribution in [-0.2, 0) is 5.54 Å². The van der Waals surface area contributed by atoms with Gasteiger partial charge in [-0.25, -0.2) is 0 Å². The normalized spacial score (nSPS) is 12.1. The zero-order valence-corrected chi connectivity index (χ0v) is 30.9. The Hall–Kier alpha value is -6.16. The number of thiophene rings is 1. The van der Waals surface area contributed by atoms with Gasteiger partial charge in [0.1, 0.15) is 0 Å². The molecule has 0 amide bonds. The number of hydrogen-bond donors (Lipinski definition) is 0. The predicted molar refractivity (Wildman–Crippen MR) is 230 cm³/mol. The van der Waals surface area contributed by atoms with E-state index in [1.807, 2.05) is 11.3 Å². The van der Waals surface area contributed by atoms with Gasteiger partial charge in [0, 0.05) is 58.9 Å². The lowest BCUT2D eigenvalue weighted by atomic mass is 9.95. The molecule has 2 aromatic heterocycles. The third kappa shape index (κ3) is 5.23. The van der Waals surface area contributed by atoms with Gasteiger partial charge >= 0.3 is 0 Å². The van der Waals surface area contributed by atoms with Crippen molar-refractivity contribution in [1.82, 2.24) is 4.57 Å². The summed E-state index contributed by atoms with van der Waals surface area (Å²) in [5.74, 6) is 0. The smallest absolute Gasteiger partial charge is 0.0546 e. The lowest BCUT2D eigenvalue weighted by molar-refractivity contribution is 0.423. The molecular weight excluding hydrogens is 661 g/mol. The summed E-state index contributed by atoms with van der Waals surface area (Å²) in [5.41, 5.74) is 10.7. The van der Waals surface area contributed by atoms with Crippen LogP contribution in [0.3, 0.4) is 0 Å². The first-order chi connectivity index (χ1) is 25.9. The fourth-order valence-corrected chi connectivity index (χ4v) is 9.45. The van der Waals surface area contributed by atoms with Crippen molar-refractivity contribution in [2.24, 2.45) is 0 Å². The lowest BCUT2D eigenvalue weighted by Gasteiger charge is -2.29. The molecule has 0 saturated carbocycles. The van der Waals surface area contributed by atoms with E-state index in [0.29, 0.717) is 0 Å². The topological polar surface area (TPSA) is 8.17 Å². The first-order valence-corrected chi connectivity index (χ1v) is 19.2. The minimum absolute atomic E-state index is 0.0594. The number of anilines is 3. The quantitative estimate of drug-likeness (QED) is 0.174. The molecule has 0 N–H and O–H groups in total. The van der Waals surface area contributed by atoms with Crippen molar-refractivity contribution in [3.8, 4) is 22.3 Å². The van der Waals surface area contributed by atoms with E-state index >= 15 is 0 Å². The van der Waals surface area contributed by atoms with E-state index in [0.717, 1.165) is 17.1 Å². The summed E-state index contributed by atoms with van der Waals surface area (Å²) in [5, 5.41) is 7.68. The van der Waals surface area contributed by atoms with Crippen LogP contribution < -0.4 is 4.90 Å². The molecule has 0 aliphatic heterocycles. The number of aromatic nitrogens is 1. The monoisotopic (exact) mass is 698 g/mol. The number of benzene rings is 8. The van der Waals surface area contributed by atoms with Crippen LogP contribution >= 0.6 is 11.3 Å². The second kappa shape index (κ2) is 12.2. The highest BCUT2D eigenvalue weighted by Crippen LogP contribution is 2.46. The molecule has 2 heterocycles. The van der Waals surface area contributed by atoms with Gasteiger partial charge in [-0.05, 0) is 96.8 Å². The summed E-state index contributed by atoms with van der Waals surface area (Å²) >= 11 is 1.86. The number of nitrogens with zero attached hydrogens (tertiary/aromatic N) is 2. The first-order valence-electron chi connectivity index (χ1n) is 18.4. The summed E-state index contributed by atoms with van der Waals surface area (Å²) in [4.78, 5) is 2.45. The van der Waals surface area contributed by atoms with Crippen LogP contribution in [0.25, 0.3) is 75.0 Å². The van der Waals surface area contributed by atoms with Crippen molar-refractivity contribution < 1.29 is 0 Å². The summed E-state index contributed by atoms with van der Waals surface area (Å²) in [6.07, 6.45) is 0. The second-order valence-electron chi connectivity index (χ2n) is 15.0. The van der Waals surface area contributed by atoms with Crippen molar-refractivity contribution in [2.45, 2.75) is 26.3 Å². The Morgan fingerprint density at radius 2 is 1.06 bits per heavy atom. The lowest BCUT2D eigenvalue weighted by Crippen LogP contribution is -2.21. The van der Waals surface area contributed by atoms with Crippen molar-refractivity contribution in [3.63, 3.8) is 0 Å². The summed E-state index contributed by atoms with van der Waals surface area (Å²) in [7, 11) is 0. The first kappa shape index (κ1) is 31.6. The zero-order chi connectivity index (χ0) is 35.7. The molecule has 0 unspecified atom stereocenters. The molecule has 8 aromatic carbocycles. The van der Waals surface area contributed by atoms with Gasteiger partial charge < -0.3 is 9.47 Å². The number of fused-ring (bicyclic) bond motifs is 7. The van der Waals surface area contributed by atoms with Crippen LogP contribution in [0.2, 0.25) is 0 Å². The van der Waals surface area contributed by atoms with Crippen molar-refractivity contribution in [1.29, 1.82) is 0 Å². The minimum Gasteiger partial charge on any atom is -0.335 e. The maximum atomic E-state index is 2.49. The van der Waals surface area contributed by atoms with Crippen molar-refractivity contribution in [2.75, 3.05) is 4.90 Å². The maximum Gasteiger partial charge on any atom is 0.0546 e. The second-order valence-corrected chi connectivity index (χ2v) is 16.0. The minimum atomic E-state index is -0.0594. The zero-order valence-electron chi connectivity index (χ0n) is 30.0. The van der Waals surface area contributed by atoms with Crippen molar-refractivity contribution >= 4 is 81.1 Å². The van der Waals surface area contributed by atoms with E-state index in [2.05, 4.69) is 206 Å². The van der Waals surface area contributed by atoms with Gasteiger partial charge in [0.05, 0.1) is 11.2 Å². The average Bonchev–Trinajstić information content (AvgIpc) is 3.74. The van der Waals surface area contributed by atoms with E-state index in [9.17, 15) is 0 Å². The number of rotatable bonds is 5. The molecule has 0 fully saturated rings. The van der Waals surface area contributed by atoms with Gasteiger partial charge in [0.25, 0.3) is 0 Å². The van der Waals surface area contributed by atoms with Gasteiger partial charge in [-0.15, -0.1) is 11.3 Å². The van der Waals surface area contributed by atoms with Crippen LogP contribution in [-0.4, -0.2) is 4.57 Å². The van der Waals surface area contributed by atoms with E-state index in [-0.39, 0.29) is 5.54 Å². The van der Waals surface area contributed by atoms with E-state index in [1.165, 1.54) is 75.0 Å². The highest BCUT2D eigenvalue weighted by molar-refractivity contribution is 7.25. The van der Waals surface area contributed by atoms with E-state index in [4.69, 9.17) is 0 Å². The summed E-state index contributed by atoms with van der Waals surface area (Å²) in [6, 6.07) is 64.7. The molecule has 0 spiro atoms. The molecule has 0 saturated heterocycles. The Morgan fingerprint density at radius 3 is 1.87 bits per heavy atom. The number of para-hydroxylation sites is 1.